The van der Waals surface area contributed by atoms with E-state index >= 15 is 0 Å². The molecule has 0 aliphatic heterocycles. The highest BCUT2D eigenvalue weighted by Crippen LogP contribution is 2.15. The normalized spacial score (nSPS) is 12.4. The molecule has 1 atom stereocenters. The van der Waals surface area contributed by atoms with Crippen LogP contribution in [0.4, 0.5) is 0 Å². The minimum Gasteiger partial charge on any atom is -0.481 e. The Labute approximate surface area is 185 Å². The lowest BCUT2D eigenvalue weighted by Crippen LogP contribution is -2.12. The average Bonchev–Trinajstić information content (AvgIpc) is 2.71. The van der Waals surface area contributed by atoms with Crippen molar-refractivity contribution in [2.24, 2.45) is 5.92 Å². The highest BCUT2D eigenvalue weighted by atomic mass is 16.4. The number of carboxylic acid groups (broad SMARTS) is 2. The summed E-state index contributed by atoms with van der Waals surface area (Å²) in [5, 5.41) is 17.8. The van der Waals surface area contributed by atoms with Crippen molar-refractivity contribution in [2.75, 3.05) is 0 Å². The summed E-state index contributed by atoms with van der Waals surface area (Å²) in [5.74, 6) is -2.55. The molecule has 0 rings (SSSR count). The standard InChI is InChI=1S/C26H48O4/c1-2-3-4-5-6-7-8-9-10-11-12-13-14-15-16-17-18-19-20-21-24(26(29)30)22-23-25(27)28/h20-21,24H,2-19,22-23H2,1H3,(H,27,28)(H,29,30)/b21-20+. The maximum atomic E-state index is 11.1. The van der Waals surface area contributed by atoms with E-state index in [9.17, 15) is 9.59 Å². The molecule has 4 nitrogen and oxygen atoms in total. The quantitative estimate of drug-likeness (QED) is 0.128. The number of carboxylic acids is 2. The number of allylic oxidation sites excluding steroid dienone is 1. The molecule has 0 saturated carbocycles. The lowest BCUT2D eigenvalue weighted by atomic mass is 10.0. The van der Waals surface area contributed by atoms with Crippen molar-refractivity contribution in [2.45, 2.75) is 135 Å². The van der Waals surface area contributed by atoms with Gasteiger partial charge in [0.1, 0.15) is 0 Å². The first-order chi connectivity index (χ1) is 14.6. The number of hydrogen-bond donors (Lipinski definition) is 2. The monoisotopic (exact) mass is 424 g/mol. The van der Waals surface area contributed by atoms with Gasteiger partial charge in [0.2, 0.25) is 0 Å². The lowest BCUT2D eigenvalue weighted by Gasteiger charge is -2.05. The summed E-state index contributed by atoms with van der Waals surface area (Å²) in [6, 6.07) is 0. The summed E-state index contributed by atoms with van der Waals surface area (Å²) in [6.07, 6.45) is 27.5. The first-order valence-corrected chi connectivity index (χ1v) is 12.7. The van der Waals surface area contributed by atoms with Crippen molar-refractivity contribution in [1.82, 2.24) is 0 Å². The molecular formula is C26H48O4. The lowest BCUT2D eigenvalue weighted by molar-refractivity contribution is -0.141. The summed E-state index contributed by atoms with van der Waals surface area (Å²) < 4.78 is 0. The second-order valence-corrected chi connectivity index (χ2v) is 8.75. The second-order valence-electron chi connectivity index (χ2n) is 8.75. The van der Waals surface area contributed by atoms with E-state index in [0.717, 1.165) is 12.8 Å². The third-order valence-electron chi connectivity index (χ3n) is 5.83. The summed E-state index contributed by atoms with van der Waals surface area (Å²) in [5.41, 5.74) is 0. The first kappa shape index (κ1) is 28.7. The molecule has 0 aliphatic carbocycles. The van der Waals surface area contributed by atoms with Crippen LogP contribution >= 0.6 is 0 Å². The van der Waals surface area contributed by atoms with Crippen LogP contribution in [0.25, 0.3) is 0 Å². The zero-order chi connectivity index (χ0) is 22.3. The molecule has 0 bridgehead atoms. The van der Waals surface area contributed by atoms with Crippen LogP contribution in [0.3, 0.4) is 0 Å². The Kier molecular flexibility index (Phi) is 21.4. The van der Waals surface area contributed by atoms with E-state index < -0.39 is 17.9 Å². The van der Waals surface area contributed by atoms with Crippen molar-refractivity contribution < 1.29 is 19.8 Å². The van der Waals surface area contributed by atoms with E-state index in [0.29, 0.717) is 0 Å². The Morgan fingerprint density at radius 2 is 1.07 bits per heavy atom. The molecule has 0 aromatic heterocycles. The summed E-state index contributed by atoms with van der Waals surface area (Å²) in [4.78, 5) is 21.7. The summed E-state index contributed by atoms with van der Waals surface area (Å²) >= 11 is 0. The number of unbranched alkanes of at least 4 members (excludes halogenated alkanes) is 17. The van der Waals surface area contributed by atoms with Gasteiger partial charge in [0.25, 0.3) is 0 Å². The molecule has 0 aromatic carbocycles. The van der Waals surface area contributed by atoms with Crippen molar-refractivity contribution in [3.8, 4) is 0 Å². The van der Waals surface area contributed by atoms with Gasteiger partial charge in [-0.2, -0.15) is 0 Å². The molecule has 0 saturated heterocycles. The third-order valence-corrected chi connectivity index (χ3v) is 5.83. The average molecular weight is 425 g/mol. The predicted molar refractivity (Wildman–Crippen MR) is 126 cm³/mol. The SMILES string of the molecule is CCCCCCCCCCCCCCCCCCC/C=C/C(CCC(=O)O)C(=O)O. The van der Waals surface area contributed by atoms with Crippen LogP contribution in [-0.2, 0) is 9.59 Å². The maximum absolute atomic E-state index is 11.1. The van der Waals surface area contributed by atoms with Gasteiger partial charge in [-0.15, -0.1) is 0 Å². The van der Waals surface area contributed by atoms with Crippen LogP contribution in [0.1, 0.15) is 135 Å². The predicted octanol–water partition coefficient (Wildman–Crippen LogP) is 8.15. The third kappa shape index (κ3) is 21.4. The number of rotatable bonds is 23. The van der Waals surface area contributed by atoms with Gasteiger partial charge in [0.15, 0.2) is 0 Å². The molecule has 4 heteroatoms. The topological polar surface area (TPSA) is 74.6 Å². The van der Waals surface area contributed by atoms with Crippen LogP contribution in [0.15, 0.2) is 12.2 Å². The molecule has 0 aliphatic rings. The minimum atomic E-state index is -0.942. The maximum Gasteiger partial charge on any atom is 0.310 e. The fourth-order valence-electron chi connectivity index (χ4n) is 3.83. The van der Waals surface area contributed by atoms with Crippen LogP contribution in [0.5, 0.6) is 0 Å². The largest absolute Gasteiger partial charge is 0.481 e. The van der Waals surface area contributed by atoms with Gasteiger partial charge in [0, 0.05) is 6.42 Å². The molecule has 0 amide bonds. The highest BCUT2D eigenvalue weighted by molar-refractivity contribution is 5.73. The molecule has 0 aromatic rings. The minimum absolute atomic E-state index is 0.0968. The number of hydrogen-bond acceptors (Lipinski definition) is 2. The Morgan fingerprint density at radius 1 is 0.667 bits per heavy atom. The van der Waals surface area contributed by atoms with E-state index in [2.05, 4.69) is 6.92 Å². The van der Waals surface area contributed by atoms with E-state index in [1.54, 1.807) is 6.08 Å². The van der Waals surface area contributed by atoms with Gasteiger partial charge in [-0.05, 0) is 19.3 Å². The van der Waals surface area contributed by atoms with Gasteiger partial charge >= 0.3 is 11.9 Å². The Hall–Kier alpha value is -1.32. The number of aliphatic carboxylic acids is 2. The first-order valence-electron chi connectivity index (χ1n) is 12.7. The smallest absolute Gasteiger partial charge is 0.310 e. The van der Waals surface area contributed by atoms with Crippen molar-refractivity contribution in [1.29, 1.82) is 0 Å². The van der Waals surface area contributed by atoms with E-state index in [-0.39, 0.29) is 12.8 Å². The summed E-state index contributed by atoms with van der Waals surface area (Å²) in [6.45, 7) is 2.27. The molecular weight excluding hydrogens is 376 g/mol. The molecule has 0 fully saturated rings. The van der Waals surface area contributed by atoms with Crippen molar-refractivity contribution in [3.05, 3.63) is 12.2 Å². The zero-order valence-electron chi connectivity index (χ0n) is 19.6. The number of carbonyl (C=O) groups is 2. The van der Waals surface area contributed by atoms with E-state index in [4.69, 9.17) is 10.2 Å². The van der Waals surface area contributed by atoms with Crippen LogP contribution < -0.4 is 0 Å². The molecule has 30 heavy (non-hydrogen) atoms. The molecule has 2 N–H and O–H groups in total. The molecule has 0 radical (unpaired) electrons. The van der Waals surface area contributed by atoms with Crippen molar-refractivity contribution >= 4 is 11.9 Å². The Morgan fingerprint density at radius 3 is 1.43 bits per heavy atom. The van der Waals surface area contributed by atoms with Crippen molar-refractivity contribution in [3.63, 3.8) is 0 Å². The van der Waals surface area contributed by atoms with Gasteiger partial charge in [-0.1, -0.05) is 122 Å². The van der Waals surface area contributed by atoms with Gasteiger partial charge in [-0.3, -0.25) is 9.59 Å². The highest BCUT2D eigenvalue weighted by Gasteiger charge is 2.14. The van der Waals surface area contributed by atoms with Gasteiger partial charge < -0.3 is 10.2 Å². The van der Waals surface area contributed by atoms with Crippen LogP contribution in [-0.4, -0.2) is 22.2 Å². The molecule has 0 heterocycles. The fourth-order valence-corrected chi connectivity index (χ4v) is 3.83. The van der Waals surface area contributed by atoms with Crippen LogP contribution in [0, 0.1) is 5.92 Å². The Bertz CT molecular complexity index is 431. The summed E-state index contributed by atoms with van der Waals surface area (Å²) in [7, 11) is 0. The Balaban J connectivity index is 3.34. The molecule has 0 spiro atoms. The zero-order valence-corrected chi connectivity index (χ0v) is 19.6. The second kappa shape index (κ2) is 22.4. The van der Waals surface area contributed by atoms with Gasteiger partial charge in [-0.25, -0.2) is 0 Å². The van der Waals surface area contributed by atoms with Crippen LogP contribution in [0.2, 0.25) is 0 Å². The van der Waals surface area contributed by atoms with E-state index in [1.807, 2.05) is 6.08 Å². The molecule has 176 valence electrons. The fraction of sp³-hybridized carbons (Fsp3) is 0.846. The van der Waals surface area contributed by atoms with Gasteiger partial charge in [0.05, 0.1) is 5.92 Å². The van der Waals surface area contributed by atoms with E-state index in [1.165, 1.54) is 103 Å². The molecule has 1 unspecified atom stereocenters.